The number of hydrogen-bond acceptors (Lipinski definition) is 5. The molecule has 0 saturated carbocycles. The fourth-order valence-corrected chi connectivity index (χ4v) is 2.16. The number of benzene rings is 1. The number of esters is 1. The zero-order chi connectivity index (χ0) is 20.0. The Hall–Kier alpha value is -1.80. The first-order chi connectivity index (χ1) is 11.9. The van der Waals surface area contributed by atoms with Crippen molar-refractivity contribution in [2.75, 3.05) is 26.7 Å². The number of hydrogen-bond donors (Lipinski definition) is 2. The molecule has 0 aliphatic heterocycles. The van der Waals surface area contributed by atoms with Crippen LogP contribution in [-0.4, -0.2) is 50.5 Å². The lowest BCUT2D eigenvalue weighted by molar-refractivity contribution is -0.154. The lowest BCUT2D eigenvalue weighted by atomic mass is 10.1. The van der Waals surface area contributed by atoms with Gasteiger partial charge in [0.15, 0.2) is 0 Å². The van der Waals surface area contributed by atoms with Crippen LogP contribution in [0.4, 0.5) is 13.2 Å². The molecule has 26 heavy (non-hydrogen) atoms. The highest BCUT2D eigenvalue weighted by molar-refractivity contribution is 5.93. The molecule has 0 fully saturated rings. The van der Waals surface area contributed by atoms with E-state index in [9.17, 15) is 18.0 Å². The second-order valence-electron chi connectivity index (χ2n) is 6.96. The van der Waals surface area contributed by atoms with E-state index < -0.39 is 23.8 Å². The first-order valence-electron chi connectivity index (χ1n) is 8.35. The van der Waals surface area contributed by atoms with Crippen LogP contribution in [0.25, 0.3) is 0 Å². The van der Waals surface area contributed by atoms with Crippen molar-refractivity contribution in [1.29, 1.82) is 0 Å². The number of ether oxygens (including phenoxy) is 2. The van der Waals surface area contributed by atoms with Gasteiger partial charge in [0, 0.05) is 13.1 Å². The Morgan fingerprint density at radius 1 is 1.23 bits per heavy atom. The number of rotatable bonds is 8. The predicted molar refractivity (Wildman–Crippen MR) is 93.6 cm³/mol. The molecular weight excluding hydrogens is 349 g/mol. The van der Waals surface area contributed by atoms with Crippen molar-refractivity contribution >= 4 is 5.97 Å². The molecule has 0 aromatic heterocycles. The molecule has 1 aromatic carbocycles. The van der Waals surface area contributed by atoms with E-state index in [1.807, 2.05) is 6.92 Å². The minimum Gasteiger partial charge on any atom is -0.491 e. The number of carbonyl (C=O) groups excluding carboxylic acids is 1. The van der Waals surface area contributed by atoms with Crippen LogP contribution in [0.5, 0.6) is 5.75 Å². The third-order valence-electron chi connectivity index (χ3n) is 3.31. The zero-order valence-corrected chi connectivity index (χ0v) is 15.8. The van der Waals surface area contributed by atoms with Gasteiger partial charge >= 0.3 is 12.1 Å². The van der Waals surface area contributed by atoms with Gasteiger partial charge in [0.2, 0.25) is 0 Å². The van der Waals surface area contributed by atoms with Gasteiger partial charge in [-0.3, -0.25) is 0 Å². The normalized spacial score (nSPS) is 13.4. The summed E-state index contributed by atoms with van der Waals surface area (Å²) >= 11 is 0. The van der Waals surface area contributed by atoms with E-state index in [2.05, 4.69) is 10.6 Å². The van der Waals surface area contributed by atoms with E-state index in [4.69, 9.17) is 9.47 Å². The third kappa shape index (κ3) is 7.61. The fraction of sp³-hybridized carbons (Fsp3) is 0.611. The third-order valence-corrected chi connectivity index (χ3v) is 3.31. The van der Waals surface area contributed by atoms with Gasteiger partial charge in [0.25, 0.3) is 0 Å². The van der Waals surface area contributed by atoms with E-state index >= 15 is 0 Å². The van der Waals surface area contributed by atoms with Gasteiger partial charge in [0.1, 0.15) is 29.6 Å². The summed E-state index contributed by atoms with van der Waals surface area (Å²) in [4.78, 5) is 12.3. The molecule has 8 heteroatoms. The van der Waals surface area contributed by atoms with Gasteiger partial charge in [-0.2, -0.15) is 13.2 Å². The molecule has 0 amide bonds. The Morgan fingerprint density at radius 3 is 2.42 bits per heavy atom. The van der Waals surface area contributed by atoms with Gasteiger partial charge in [-0.25, -0.2) is 4.79 Å². The molecule has 0 radical (unpaired) electrons. The smallest absolute Gasteiger partial charge is 0.405 e. The van der Waals surface area contributed by atoms with Gasteiger partial charge in [-0.15, -0.1) is 0 Å². The van der Waals surface area contributed by atoms with Gasteiger partial charge in [-0.05, 0) is 46.9 Å². The number of halogens is 3. The molecule has 1 unspecified atom stereocenters. The van der Waals surface area contributed by atoms with Crippen molar-refractivity contribution in [2.45, 2.75) is 45.5 Å². The number of aryl methyl sites for hydroxylation is 1. The summed E-state index contributed by atoms with van der Waals surface area (Å²) in [5, 5.41) is 4.90. The van der Waals surface area contributed by atoms with E-state index in [0.717, 1.165) is 5.56 Å². The van der Waals surface area contributed by atoms with Crippen LogP contribution in [0.1, 0.15) is 36.7 Å². The Bertz CT molecular complexity index is 598. The highest BCUT2D eigenvalue weighted by Gasteiger charge is 2.38. The van der Waals surface area contributed by atoms with Gasteiger partial charge in [0.05, 0.1) is 0 Å². The molecule has 2 N–H and O–H groups in total. The van der Waals surface area contributed by atoms with Crippen LogP contribution >= 0.6 is 0 Å². The molecule has 148 valence electrons. The number of likely N-dealkylation sites (N-methyl/N-ethyl adjacent to an activating group) is 1. The predicted octanol–water partition coefficient (Wildman–Crippen LogP) is 3.07. The molecule has 0 bridgehead atoms. The minimum atomic E-state index is -4.35. The molecule has 1 rings (SSSR count). The number of carbonyl (C=O) groups is 1. The van der Waals surface area contributed by atoms with Gasteiger partial charge < -0.3 is 20.1 Å². The molecule has 0 spiro atoms. The Balaban J connectivity index is 2.71. The average Bonchev–Trinajstić information content (AvgIpc) is 2.48. The minimum absolute atomic E-state index is 0.0187. The maximum absolute atomic E-state index is 12.8. The summed E-state index contributed by atoms with van der Waals surface area (Å²) in [6.07, 6.45) is -4.35. The summed E-state index contributed by atoms with van der Waals surface area (Å²) in [6.45, 7) is 6.81. The first-order valence-corrected chi connectivity index (χ1v) is 8.35. The number of nitrogens with one attached hydrogen (secondary N) is 2. The lowest BCUT2D eigenvalue weighted by Crippen LogP contribution is -2.49. The highest BCUT2D eigenvalue weighted by atomic mass is 19.4. The molecule has 0 saturated heterocycles. The Morgan fingerprint density at radius 2 is 1.88 bits per heavy atom. The molecular formula is C18H27F3N2O3. The summed E-state index contributed by atoms with van der Waals surface area (Å²) < 4.78 is 49.3. The Kier molecular flexibility index (Phi) is 7.89. The van der Waals surface area contributed by atoms with Crippen LogP contribution in [0, 0.1) is 6.92 Å². The lowest BCUT2D eigenvalue weighted by Gasteiger charge is -2.22. The summed E-state index contributed by atoms with van der Waals surface area (Å²) in [5.41, 5.74) is 0.442. The highest BCUT2D eigenvalue weighted by Crippen LogP contribution is 2.23. The van der Waals surface area contributed by atoms with Crippen molar-refractivity contribution < 1.29 is 27.4 Å². The van der Waals surface area contributed by atoms with E-state index in [0.29, 0.717) is 0 Å². The van der Waals surface area contributed by atoms with E-state index in [1.165, 1.54) is 7.05 Å². The van der Waals surface area contributed by atoms with Crippen LogP contribution in [0.3, 0.4) is 0 Å². The van der Waals surface area contributed by atoms with Crippen LogP contribution in [-0.2, 0) is 4.74 Å². The van der Waals surface area contributed by atoms with Crippen molar-refractivity contribution in [3.05, 3.63) is 29.3 Å². The summed E-state index contributed by atoms with van der Waals surface area (Å²) in [5.74, 6) is -0.253. The monoisotopic (exact) mass is 376 g/mol. The van der Waals surface area contributed by atoms with Gasteiger partial charge in [-0.1, -0.05) is 11.6 Å². The van der Waals surface area contributed by atoms with Crippen LogP contribution < -0.4 is 15.4 Å². The van der Waals surface area contributed by atoms with Crippen molar-refractivity contribution in [3.63, 3.8) is 0 Å². The van der Waals surface area contributed by atoms with E-state index in [-0.39, 0.29) is 31.0 Å². The van der Waals surface area contributed by atoms with Crippen molar-refractivity contribution in [3.8, 4) is 5.75 Å². The molecule has 1 atom stereocenters. The topological polar surface area (TPSA) is 59.6 Å². The molecule has 0 heterocycles. The molecule has 5 nitrogen and oxygen atoms in total. The second-order valence-corrected chi connectivity index (χ2v) is 6.96. The van der Waals surface area contributed by atoms with Crippen LogP contribution in [0.2, 0.25) is 0 Å². The van der Waals surface area contributed by atoms with Crippen molar-refractivity contribution in [2.24, 2.45) is 0 Å². The molecule has 0 aliphatic carbocycles. The SMILES string of the molecule is CNCC(NCCOc1ccc(C)cc1C(=O)OC(C)(C)C)C(F)(F)F. The standard InChI is InChI=1S/C18H27F3N2O3/c1-12-6-7-14(13(10-12)16(24)26-17(2,3)4)25-9-8-23-15(11-22-5)18(19,20)21/h6-7,10,15,22-23H,8-9,11H2,1-5H3. The maximum atomic E-state index is 12.8. The van der Waals surface area contributed by atoms with Crippen LogP contribution in [0.15, 0.2) is 18.2 Å². The second kappa shape index (κ2) is 9.23. The summed E-state index contributed by atoms with van der Waals surface area (Å²) in [7, 11) is 1.45. The largest absolute Gasteiger partial charge is 0.491 e. The molecule has 0 aliphatic rings. The first kappa shape index (κ1) is 22.2. The average molecular weight is 376 g/mol. The number of alkyl halides is 3. The fourth-order valence-electron chi connectivity index (χ4n) is 2.16. The quantitative estimate of drug-likeness (QED) is 0.539. The van der Waals surface area contributed by atoms with E-state index in [1.54, 1.807) is 39.0 Å². The zero-order valence-electron chi connectivity index (χ0n) is 15.8. The Labute approximate surface area is 152 Å². The molecule has 1 aromatic rings. The maximum Gasteiger partial charge on any atom is 0.405 e. The summed E-state index contributed by atoms with van der Waals surface area (Å²) in [6, 6.07) is 3.34. The van der Waals surface area contributed by atoms with Crippen molar-refractivity contribution in [1.82, 2.24) is 10.6 Å².